The highest BCUT2D eigenvalue weighted by atomic mass is 79.9. The molecule has 0 aliphatic rings. The van der Waals surface area contributed by atoms with Crippen molar-refractivity contribution in [2.75, 3.05) is 12.5 Å². The molecule has 0 aliphatic carbocycles. The summed E-state index contributed by atoms with van der Waals surface area (Å²) < 4.78 is 22.4. The van der Waals surface area contributed by atoms with Crippen LogP contribution in [0.1, 0.15) is 5.69 Å². The molecule has 0 saturated carbocycles. The average Bonchev–Trinajstić information content (AvgIpc) is 2.33. The third kappa shape index (κ3) is 4.05. The Bertz CT molecular complexity index is 745. The Morgan fingerprint density at radius 1 is 1.25 bits per heavy atom. The molecule has 0 aliphatic heterocycles. The maximum Gasteiger partial charge on any atom is 0.148 e. The predicted molar refractivity (Wildman–Crippen MR) is 85.3 cm³/mol. The number of hydrogen-bond acceptors (Lipinski definition) is 4. The first kappa shape index (κ1) is 15.0. The van der Waals surface area contributed by atoms with Crippen molar-refractivity contribution in [3.05, 3.63) is 46.7 Å². The van der Waals surface area contributed by atoms with Crippen molar-refractivity contribution >= 4 is 31.3 Å². The third-order valence-electron chi connectivity index (χ3n) is 2.42. The highest BCUT2D eigenvalue weighted by molar-refractivity contribution is 9.10. The maximum atomic E-state index is 11.7. The van der Waals surface area contributed by atoms with E-state index in [1.54, 1.807) is 36.9 Å². The zero-order chi connectivity index (χ0) is 14.8. The fraction of sp³-hybridized carbons (Fsp3) is 0.214. The molecule has 20 heavy (non-hydrogen) atoms. The Balaban J connectivity index is 2.32. The minimum atomic E-state index is -2.17. The first-order valence-corrected chi connectivity index (χ1v) is 9.04. The number of hydrogen-bond donors (Lipinski definition) is 0. The number of nitrogens with zero attached hydrogens (tertiary/aromatic N) is 2. The molecular formula is C14H15BrN2O2S. The van der Waals surface area contributed by atoms with Crippen molar-refractivity contribution in [1.29, 1.82) is 0 Å². The van der Waals surface area contributed by atoms with Gasteiger partial charge in [0.15, 0.2) is 0 Å². The van der Waals surface area contributed by atoms with E-state index in [9.17, 15) is 4.21 Å². The molecule has 0 radical (unpaired) electrons. The van der Waals surface area contributed by atoms with Gasteiger partial charge in [-0.05, 0) is 53.2 Å². The standard InChI is InChI=1S/C14H15BrN2O2S/c1-10-13(5-4-8-16-10)19-14-7-6-11(9-12(14)15)17-20(2,3)18/h4-9H,1-3H3. The average molecular weight is 355 g/mol. The zero-order valence-corrected chi connectivity index (χ0v) is 13.9. The second kappa shape index (κ2) is 5.93. The van der Waals surface area contributed by atoms with E-state index in [-0.39, 0.29) is 0 Å². The summed E-state index contributed by atoms with van der Waals surface area (Å²) in [4.78, 5) is 4.17. The Morgan fingerprint density at radius 3 is 2.60 bits per heavy atom. The van der Waals surface area contributed by atoms with Gasteiger partial charge in [-0.3, -0.25) is 4.98 Å². The van der Waals surface area contributed by atoms with Gasteiger partial charge in [-0.1, -0.05) is 0 Å². The molecule has 1 heterocycles. The Kier molecular flexibility index (Phi) is 4.45. The molecule has 2 rings (SSSR count). The van der Waals surface area contributed by atoms with Gasteiger partial charge in [0.2, 0.25) is 0 Å². The molecule has 2 aromatic rings. The number of aromatic nitrogens is 1. The van der Waals surface area contributed by atoms with Gasteiger partial charge in [-0.2, -0.15) is 4.36 Å². The van der Waals surface area contributed by atoms with Gasteiger partial charge >= 0.3 is 0 Å². The fourth-order valence-electron chi connectivity index (χ4n) is 1.58. The first-order valence-electron chi connectivity index (χ1n) is 5.91. The molecule has 0 atom stereocenters. The van der Waals surface area contributed by atoms with Crippen molar-refractivity contribution in [2.24, 2.45) is 4.36 Å². The summed E-state index contributed by atoms with van der Waals surface area (Å²) in [6, 6.07) is 9.04. The topological polar surface area (TPSA) is 51.6 Å². The van der Waals surface area contributed by atoms with Crippen LogP contribution in [-0.4, -0.2) is 21.7 Å². The number of pyridine rings is 1. The van der Waals surface area contributed by atoms with E-state index in [2.05, 4.69) is 25.3 Å². The number of ether oxygens (including phenoxy) is 1. The molecular weight excluding hydrogens is 340 g/mol. The van der Waals surface area contributed by atoms with Crippen molar-refractivity contribution < 1.29 is 8.95 Å². The lowest BCUT2D eigenvalue weighted by Crippen LogP contribution is -1.91. The van der Waals surface area contributed by atoms with E-state index in [0.717, 1.165) is 10.2 Å². The number of rotatable bonds is 3. The van der Waals surface area contributed by atoms with Crippen molar-refractivity contribution in [1.82, 2.24) is 4.98 Å². The Morgan fingerprint density at radius 2 is 2.00 bits per heavy atom. The minimum absolute atomic E-state index is 0.655. The van der Waals surface area contributed by atoms with Gasteiger partial charge in [0.1, 0.15) is 11.5 Å². The summed E-state index contributed by atoms with van der Waals surface area (Å²) in [7, 11) is -2.17. The molecule has 0 saturated heterocycles. The summed E-state index contributed by atoms with van der Waals surface area (Å²) in [5, 5.41) is 0. The highest BCUT2D eigenvalue weighted by Crippen LogP contribution is 2.33. The third-order valence-corrected chi connectivity index (χ3v) is 3.69. The predicted octanol–water partition coefficient (Wildman–Crippen LogP) is 4.30. The van der Waals surface area contributed by atoms with Crippen LogP contribution in [0.5, 0.6) is 11.5 Å². The molecule has 106 valence electrons. The normalized spacial score (nSPS) is 11.2. The van der Waals surface area contributed by atoms with Gasteiger partial charge in [0.05, 0.1) is 15.9 Å². The molecule has 0 spiro atoms. The van der Waals surface area contributed by atoms with Crippen LogP contribution in [-0.2, 0) is 9.73 Å². The van der Waals surface area contributed by atoms with Gasteiger partial charge in [-0.15, -0.1) is 0 Å². The molecule has 0 unspecified atom stereocenters. The molecule has 4 nitrogen and oxygen atoms in total. The van der Waals surface area contributed by atoms with Crippen LogP contribution >= 0.6 is 15.9 Å². The lowest BCUT2D eigenvalue weighted by Gasteiger charge is -2.09. The van der Waals surface area contributed by atoms with Gasteiger partial charge in [0.25, 0.3) is 0 Å². The molecule has 0 amide bonds. The van der Waals surface area contributed by atoms with Crippen molar-refractivity contribution in [2.45, 2.75) is 6.92 Å². The number of halogens is 1. The van der Waals surface area contributed by atoms with Crippen molar-refractivity contribution in [3.8, 4) is 11.5 Å². The second-order valence-corrected chi connectivity index (χ2v) is 7.98. The highest BCUT2D eigenvalue weighted by Gasteiger charge is 2.06. The molecule has 1 aromatic heterocycles. The summed E-state index contributed by atoms with van der Waals surface area (Å²) in [6.45, 7) is 1.89. The molecule has 0 fully saturated rings. The smallest absolute Gasteiger partial charge is 0.148 e. The van der Waals surface area contributed by atoms with Crippen LogP contribution in [0.15, 0.2) is 45.4 Å². The molecule has 0 N–H and O–H groups in total. The zero-order valence-electron chi connectivity index (χ0n) is 11.5. The van der Waals surface area contributed by atoms with Crippen molar-refractivity contribution in [3.63, 3.8) is 0 Å². The summed E-state index contributed by atoms with van der Waals surface area (Å²) in [5.74, 6) is 1.37. The maximum absolute atomic E-state index is 11.7. The van der Waals surface area contributed by atoms with E-state index >= 15 is 0 Å². The monoisotopic (exact) mass is 354 g/mol. The van der Waals surface area contributed by atoms with E-state index in [1.807, 2.05) is 19.1 Å². The van der Waals surface area contributed by atoms with Crippen LogP contribution in [0, 0.1) is 6.92 Å². The van der Waals surface area contributed by atoms with E-state index in [4.69, 9.17) is 4.74 Å². The van der Waals surface area contributed by atoms with Gasteiger partial charge in [0, 0.05) is 28.4 Å². The quantitative estimate of drug-likeness (QED) is 0.825. The summed E-state index contributed by atoms with van der Waals surface area (Å²) >= 11 is 3.44. The van der Waals surface area contributed by atoms with E-state index < -0.39 is 9.73 Å². The van der Waals surface area contributed by atoms with Crippen LogP contribution < -0.4 is 4.74 Å². The van der Waals surface area contributed by atoms with E-state index in [1.165, 1.54) is 0 Å². The number of benzene rings is 1. The lowest BCUT2D eigenvalue weighted by atomic mass is 10.3. The first-order chi connectivity index (χ1) is 9.35. The SMILES string of the molecule is Cc1ncccc1Oc1ccc(N=S(C)(C)=O)cc1Br. The Hall–Kier alpha value is -1.40. The fourth-order valence-corrected chi connectivity index (χ4v) is 2.65. The van der Waals surface area contributed by atoms with Crippen LogP contribution in [0.25, 0.3) is 0 Å². The number of aryl methyl sites for hydroxylation is 1. The minimum Gasteiger partial charge on any atom is -0.454 e. The molecule has 6 heteroatoms. The Labute approximate surface area is 127 Å². The largest absolute Gasteiger partial charge is 0.454 e. The van der Waals surface area contributed by atoms with Crippen LogP contribution in [0.3, 0.4) is 0 Å². The molecule has 0 bridgehead atoms. The second-order valence-electron chi connectivity index (χ2n) is 4.58. The lowest BCUT2D eigenvalue weighted by molar-refractivity contribution is 0.473. The summed E-state index contributed by atoms with van der Waals surface area (Å²) in [6.07, 6.45) is 4.92. The van der Waals surface area contributed by atoms with Gasteiger partial charge in [-0.25, -0.2) is 4.21 Å². The van der Waals surface area contributed by atoms with E-state index in [0.29, 0.717) is 17.2 Å². The summed E-state index contributed by atoms with van der Waals surface area (Å²) in [5.41, 5.74) is 1.47. The molecule has 1 aromatic carbocycles. The van der Waals surface area contributed by atoms with Crippen LogP contribution in [0.4, 0.5) is 5.69 Å². The van der Waals surface area contributed by atoms with Gasteiger partial charge < -0.3 is 4.74 Å². The van der Waals surface area contributed by atoms with Crippen LogP contribution in [0.2, 0.25) is 0 Å².